The number of likely N-dealkylation sites (tertiary alicyclic amines) is 1. The highest BCUT2D eigenvalue weighted by Crippen LogP contribution is 2.73. The number of hydrogen-bond donors (Lipinski definition) is 2. The Kier molecular flexibility index (Phi) is 2.16. The van der Waals surface area contributed by atoms with Crippen LogP contribution >= 0.6 is 0 Å². The van der Waals surface area contributed by atoms with E-state index in [4.69, 9.17) is 0 Å². The molecule has 2 bridgehead atoms. The highest BCUT2D eigenvalue weighted by molar-refractivity contribution is 5.87. The van der Waals surface area contributed by atoms with Gasteiger partial charge in [-0.05, 0) is 56.3 Å². The number of nitriles is 1. The molecule has 0 radical (unpaired) electrons. The normalized spacial score (nSPS) is 60.7. The average molecular weight is 313 g/mol. The van der Waals surface area contributed by atoms with E-state index in [1.807, 2.05) is 4.90 Å². The van der Waals surface area contributed by atoms with Gasteiger partial charge in [-0.2, -0.15) is 5.26 Å². The smallest absolute Gasteiger partial charge is 0.241 e. The van der Waals surface area contributed by atoms with Crippen LogP contribution in [0.2, 0.25) is 0 Å². The summed E-state index contributed by atoms with van der Waals surface area (Å²) in [5.74, 6) is 1.67. The van der Waals surface area contributed by atoms with E-state index >= 15 is 0 Å². The topological polar surface area (TPSA) is 76.4 Å². The Morgan fingerprint density at radius 1 is 1.30 bits per heavy atom. The molecule has 6 fully saturated rings. The minimum absolute atomic E-state index is 0.00387. The quantitative estimate of drug-likeness (QED) is 0.750. The number of rotatable bonds is 1. The molecule has 2 heterocycles. The van der Waals surface area contributed by atoms with E-state index in [1.54, 1.807) is 0 Å². The van der Waals surface area contributed by atoms with Gasteiger partial charge in [-0.15, -0.1) is 0 Å². The molecule has 0 aromatic rings. The molecule has 1 amide bonds. The van der Waals surface area contributed by atoms with Gasteiger partial charge < -0.3 is 15.3 Å². The number of fused-ring (bicyclic) bond motifs is 3. The van der Waals surface area contributed by atoms with Gasteiger partial charge >= 0.3 is 0 Å². The van der Waals surface area contributed by atoms with Crippen LogP contribution < -0.4 is 5.32 Å². The zero-order chi connectivity index (χ0) is 15.6. The monoisotopic (exact) mass is 313 g/mol. The molecule has 2 N–H and O–H groups in total. The van der Waals surface area contributed by atoms with Crippen molar-refractivity contribution in [2.45, 2.75) is 74.7 Å². The Balaban J connectivity index is 1.32. The van der Waals surface area contributed by atoms with Gasteiger partial charge in [0.25, 0.3) is 0 Å². The molecule has 23 heavy (non-hydrogen) atoms. The Morgan fingerprint density at radius 3 is 3.00 bits per heavy atom. The summed E-state index contributed by atoms with van der Waals surface area (Å²) in [7, 11) is 0. The molecule has 2 unspecified atom stereocenters. The molecule has 0 aromatic carbocycles. The maximum atomic E-state index is 13.2. The summed E-state index contributed by atoms with van der Waals surface area (Å²) < 4.78 is 0. The standard InChI is InChI=1S/C18H23N3O2/c19-7-11-4-10-5-12(10)21(11)16(22)15-18-8-17(23)3-1-2-9(6-13(17)18)14(18)20-15/h9-15,20,23H,1-6,8H2/t9-,10-,11+,12+,13?,14+,15?,17+,18+/m1/s1. The van der Waals surface area contributed by atoms with Gasteiger partial charge in [0, 0.05) is 17.5 Å². The number of hydrogen-bond acceptors (Lipinski definition) is 4. The number of nitrogens with one attached hydrogen (secondary N) is 1. The number of carbonyl (C=O) groups is 1. The molecule has 5 nitrogen and oxygen atoms in total. The van der Waals surface area contributed by atoms with Crippen LogP contribution in [0.1, 0.15) is 44.9 Å². The molecule has 1 spiro atoms. The van der Waals surface area contributed by atoms with E-state index in [2.05, 4.69) is 11.4 Å². The molecule has 2 aliphatic heterocycles. The molecule has 4 saturated carbocycles. The summed E-state index contributed by atoms with van der Waals surface area (Å²) >= 11 is 0. The van der Waals surface area contributed by atoms with Crippen molar-refractivity contribution in [2.24, 2.45) is 23.2 Å². The van der Waals surface area contributed by atoms with Crippen LogP contribution in [0, 0.1) is 34.5 Å². The van der Waals surface area contributed by atoms with Gasteiger partial charge in [-0.3, -0.25) is 4.79 Å². The SMILES string of the molecule is N#C[C@@H]1C[C@@H]2C[C@@H]2N1C(=O)C1N[C@H]2[C@@H]3CCC[C@]4(O)C[C@@]12C4C3. The Morgan fingerprint density at radius 2 is 2.17 bits per heavy atom. The third kappa shape index (κ3) is 1.29. The zero-order valence-electron chi connectivity index (χ0n) is 13.2. The lowest BCUT2D eigenvalue weighted by Crippen LogP contribution is -2.83. The van der Waals surface area contributed by atoms with E-state index in [-0.39, 0.29) is 23.4 Å². The fourth-order valence-corrected chi connectivity index (χ4v) is 7.36. The van der Waals surface area contributed by atoms with E-state index in [1.165, 1.54) is 6.42 Å². The molecule has 9 atom stereocenters. The summed E-state index contributed by atoms with van der Waals surface area (Å²) in [4.78, 5) is 15.1. The zero-order valence-corrected chi connectivity index (χ0v) is 13.2. The van der Waals surface area contributed by atoms with Crippen molar-refractivity contribution in [1.29, 1.82) is 5.26 Å². The van der Waals surface area contributed by atoms with Crippen molar-refractivity contribution < 1.29 is 9.90 Å². The summed E-state index contributed by atoms with van der Waals surface area (Å²) in [5.41, 5.74) is -0.504. The lowest BCUT2D eigenvalue weighted by molar-refractivity contribution is -0.238. The van der Waals surface area contributed by atoms with Crippen molar-refractivity contribution in [2.75, 3.05) is 0 Å². The molecule has 0 aromatic heterocycles. The Bertz CT molecular complexity index is 659. The van der Waals surface area contributed by atoms with E-state index in [9.17, 15) is 15.2 Å². The van der Waals surface area contributed by atoms with Crippen molar-refractivity contribution in [1.82, 2.24) is 10.2 Å². The highest BCUT2D eigenvalue weighted by Gasteiger charge is 2.80. The first-order valence-corrected chi connectivity index (χ1v) is 9.29. The Hall–Kier alpha value is -1.12. The second kappa shape index (κ2) is 3.75. The van der Waals surface area contributed by atoms with Crippen LogP contribution in [0.25, 0.3) is 0 Å². The van der Waals surface area contributed by atoms with Crippen LogP contribution in [0.15, 0.2) is 0 Å². The largest absolute Gasteiger partial charge is 0.390 e. The predicted molar refractivity (Wildman–Crippen MR) is 80.9 cm³/mol. The number of piperidine rings is 1. The molecule has 6 rings (SSSR count). The summed E-state index contributed by atoms with van der Waals surface area (Å²) in [6.07, 6.45) is 7.07. The number of amides is 1. The van der Waals surface area contributed by atoms with Crippen LogP contribution in [-0.2, 0) is 4.79 Å². The van der Waals surface area contributed by atoms with Crippen molar-refractivity contribution >= 4 is 5.91 Å². The van der Waals surface area contributed by atoms with Gasteiger partial charge in [0.15, 0.2) is 0 Å². The first kappa shape index (κ1) is 13.2. The molecular formula is C18H23N3O2. The minimum Gasteiger partial charge on any atom is -0.390 e. The molecule has 5 heteroatoms. The van der Waals surface area contributed by atoms with Gasteiger partial charge in [-0.1, -0.05) is 6.42 Å². The van der Waals surface area contributed by atoms with Gasteiger partial charge in [0.1, 0.15) is 6.04 Å². The van der Waals surface area contributed by atoms with Gasteiger partial charge in [-0.25, -0.2) is 0 Å². The second-order valence-electron chi connectivity index (χ2n) is 9.10. The fraction of sp³-hybridized carbons (Fsp3) is 0.889. The lowest BCUT2D eigenvalue weighted by Gasteiger charge is -2.69. The summed E-state index contributed by atoms with van der Waals surface area (Å²) in [5, 5.41) is 23.9. The summed E-state index contributed by atoms with van der Waals surface area (Å²) in [6, 6.07) is 2.73. The predicted octanol–water partition coefficient (Wildman–Crippen LogP) is 0.781. The maximum absolute atomic E-state index is 13.2. The highest BCUT2D eigenvalue weighted by atomic mass is 16.3. The van der Waals surface area contributed by atoms with Gasteiger partial charge in [0.05, 0.1) is 17.7 Å². The maximum Gasteiger partial charge on any atom is 0.241 e. The van der Waals surface area contributed by atoms with Crippen molar-refractivity contribution in [3.63, 3.8) is 0 Å². The van der Waals surface area contributed by atoms with Crippen LogP contribution in [0.5, 0.6) is 0 Å². The number of aliphatic hydroxyl groups is 1. The third-order valence-electron chi connectivity index (χ3n) is 8.32. The molecule has 4 aliphatic carbocycles. The van der Waals surface area contributed by atoms with Gasteiger partial charge in [0.2, 0.25) is 5.91 Å². The number of carbonyl (C=O) groups excluding carboxylic acids is 1. The lowest BCUT2D eigenvalue weighted by atomic mass is 9.43. The molecule has 2 saturated heterocycles. The minimum atomic E-state index is -0.508. The molecule has 122 valence electrons. The first-order chi connectivity index (χ1) is 11.1. The van der Waals surface area contributed by atoms with Crippen molar-refractivity contribution in [3.05, 3.63) is 0 Å². The average Bonchev–Trinajstić information content (AvgIpc) is 3.14. The second-order valence-corrected chi connectivity index (χ2v) is 9.10. The van der Waals surface area contributed by atoms with Crippen LogP contribution in [0.3, 0.4) is 0 Å². The van der Waals surface area contributed by atoms with Crippen molar-refractivity contribution in [3.8, 4) is 6.07 Å². The fourth-order valence-electron chi connectivity index (χ4n) is 7.36. The first-order valence-electron chi connectivity index (χ1n) is 9.29. The number of nitrogens with zero attached hydrogens (tertiary/aromatic N) is 2. The van der Waals surface area contributed by atoms with Crippen LogP contribution in [-0.4, -0.2) is 45.7 Å². The third-order valence-corrected chi connectivity index (χ3v) is 8.32. The molecular weight excluding hydrogens is 290 g/mol. The Labute approximate surface area is 136 Å². The molecule has 6 aliphatic rings. The summed E-state index contributed by atoms with van der Waals surface area (Å²) in [6.45, 7) is 0. The van der Waals surface area contributed by atoms with Crippen LogP contribution in [0.4, 0.5) is 0 Å². The van der Waals surface area contributed by atoms with E-state index in [0.717, 1.165) is 38.5 Å². The van der Waals surface area contributed by atoms with E-state index < -0.39 is 5.60 Å². The van der Waals surface area contributed by atoms with E-state index in [0.29, 0.717) is 29.8 Å².